The SMILES string of the molecule is CCCc1cc(NCC)nc(-c2csc(C(C)(C)C)n2)n1. The zero-order valence-electron chi connectivity index (χ0n) is 13.5. The summed E-state index contributed by atoms with van der Waals surface area (Å²) in [5.41, 5.74) is 2.01. The maximum Gasteiger partial charge on any atom is 0.181 e. The highest BCUT2D eigenvalue weighted by Gasteiger charge is 2.19. The molecule has 2 aromatic rings. The van der Waals surface area contributed by atoms with Crippen molar-refractivity contribution in [1.29, 1.82) is 0 Å². The maximum absolute atomic E-state index is 4.72. The minimum Gasteiger partial charge on any atom is -0.370 e. The van der Waals surface area contributed by atoms with Gasteiger partial charge in [-0.1, -0.05) is 34.1 Å². The van der Waals surface area contributed by atoms with Crippen LogP contribution in [0, 0.1) is 0 Å². The normalized spacial score (nSPS) is 11.7. The summed E-state index contributed by atoms with van der Waals surface area (Å²) in [4.78, 5) is 14.0. The third-order valence-electron chi connectivity index (χ3n) is 3.02. The molecule has 0 unspecified atom stereocenters. The van der Waals surface area contributed by atoms with Gasteiger partial charge in [0.1, 0.15) is 11.5 Å². The molecule has 0 atom stereocenters. The number of aryl methyl sites for hydroxylation is 1. The maximum atomic E-state index is 4.72. The van der Waals surface area contributed by atoms with Crippen LogP contribution >= 0.6 is 11.3 Å². The van der Waals surface area contributed by atoms with E-state index in [4.69, 9.17) is 4.98 Å². The number of hydrogen-bond acceptors (Lipinski definition) is 5. The molecule has 0 amide bonds. The van der Waals surface area contributed by atoms with Crippen LogP contribution in [0.1, 0.15) is 51.7 Å². The van der Waals surface area contributed by atoms with Gasteiger partial charge in [-0.3, -0.25) is 0 Å². The summed E-state index contributed by atoms with van der Waals surface area (Å²) in [6.07, 6.45) is 2.04. The molecule has 0 aromatic carbocycles. The Morgan fingerprint density at radius 1 is 1.14 bits per heavy atom. The van der Waals surface area contributed by atoms with Crippen molar-refractivity contribution in [1.82, 2.24) is 15.0 Å². The zero-order chi connectivity index (χ0) is 15.5. The number of rotatable bonds is 5. The van der Waals surface area contributed by atoms with Crippen molar-refractivity contribution in [3.8, 4) is 11.5 Å². The fourth-order valence-electron chi connectivity index (χ4n) is 1.99. The molecule has 0 aliphatic carbocycles. The zero-order valence-corrected chi connectivity index (χ0v) is 14.3. The van der Waals surface area contributed by atoms with E-state index in [2.05, 4.69) is 55.3 Å². The van der Waals surface area contributed by atoms with E-state index in [1.807, 2.05) is 6.07 Å². The molecule has 0 fully saturated rings. The highest BCUT2D eigenvalue weighted by molar-refractivity contribution is 7.10. The molecular formula is C16H24N4S. The molecule has 1 N–H and O–H groups in total. The van der Waals surface area contributed by atoms with Crippen LogP contribution in [0.25, 0.3) is 11.5 Å². The average Bonchev–Trinajstić information content (AvgIpc) is 2.88. The second-order valence-electron chi connectivity index (χ2n) is 6.14. The molecule has 4 nitrogen and oxygen atoms in total. The molecule has 0 aliphatic heterocycles. The average molecular weight is 304 g/mol. The number of aromatic nitrogens is 3. The van der Waals surface area contributed by atoms with Gasteiger partial charge in [-0.25, -0.2) is 15.0 Å². The minimum absolute atomic E-state index is 0.0639. The lowest BCUT2D eigenvalue weighted by Gasteiger charge is -2.13. The van der Waals surface area contributed by atoms with Crippen LogP contribution in [-0.2, 0) is 11.8 Å². The number of nitrogens with one attached hydrogen (secondary N) is 1. The molecule has 114 valence electrons. The van der Waals surface area contributed by atoms with Gasteiger partial charge in [0, 0.05) is 29.1 Å². The van der Waals surface area contributed by atoms with Gasteiger partial charge < -0.3 is 5.32 Å². The lowest BCUT2D eigenvalue weighted by molar-refractivity contribution is 0.586. The van der Waals surface area contributed by atoms with Gasteiger partial charge in [-0.05, 0) is 13.3 Å². The van der Waals surface area contributed by atoms with Crippen molar-refractivity contribution in [3.05, 3.63) is 22.1 Å². The van der Waals surface area contributed by atoms with Crippen LogP contribution in [0.2, 0.25) is 0 Å². The molecule has 21 heavy (non-hydrogen) atoms. The van der Waals surface area contributed by atoms with Gasteiger partial charge in [-0.15, -0.1) is 11.3 Å². The van der Waals surface area contributed by atoms with Crippen LogP contribution in [-0.4, -0.2) is 21.5 Å². The van der Waals surface area contributed by atoms with Gasteiger partial charge in [0.2, 0.25) is 0 Å². The molecule has 2 heterocycles. The largest absolute Gasteiger partial charge is 0.370 e. The Morgan fingerprint density at radius 2 is 1.90 bits per heavy atom. The van der Waals surface area contributed by atoms with Crippen LogP contribution in [0.3, 0.4) is 0 Å². The topological polar surface area (TPSA) is 50.7 Å². The predicted molar refractivity (Wildman–Crippen MR) is 90.0 cm³/mol. The smallest absolute Gasteiger partial charge is 0.181 e. The first kappa shape index (κ1) is 15.9. The molecule has 2 rings (SSSR count). The van der Waals surface area contributed by atoms with Crippen LogP contribution in [0.5, 0.6) is 0 Å². The van der Waals surface area contributed by atoms with Crippen molar-refractivity contribution in [2.45, 2.75) is 52.9 Å². The molecule has 0 saturated heterocycles. The van der Waals surface area contributed by atoms with Crippen LogP contribution in [0.4, 0.5) is 5.82 Å². The van der Waals surface area contributed by atoms with Crippen LogP contribution in [0.15, 0.2) is 11.4 Å². The molecule has 0 radical (unpaired) electrons. The molecule has 0 spiro atoms. The van der Waals surface area contributed by atoms with Crippen LogP contribution < -0.4 is 5.32 Å². The number of anilines is 1. The van der Waals surface area contributed by atoms with E-state index >= 15 is 0 Å². The van der Waals surface area contributed by atoms with Crippen molar-refractivity contribution >= 4 is 17.2 Å². The summed E-state index contributed by atoms with van der Waals surface area (Å²) in [6.45, 7) is 11.6. The van der Waals surface area contributed by atoms with Crippen molar-refractivity contribution < 1.29 is 0 Å². The number of nitrogens with zero attached hydrogens (tertiary/aromatic N) is 3. The Hall–Kier alpha value is -1.49. The summed E-state index contributed by atoms with van der Waals surface area (Å²) < 4.78 is 0. The van der Waals surface area contributed by atoms with Crippen molar-refractivity contribution in [3.63, 3.8) is 0 Å². The van der Waals surface area contributed by atoms with Gasteiger partial charge in [-0.2, -0.15) is 0 Å². The Kier molecular flexibility index (Phi) is 4.93. The third kappa shape index (κ3) is 4.00. The number of hydrogen-bond donors (Lipinski definition) is 1. The highest BCUT2D eigenvalue weighted by Crippen LogP contribution is 2.29. The molecule has 0 bridgehead atoms. The Labute approximate surface area is 131 Å². The van der Waals surface area contributed by atoms with Gasteiger partial charge in [0.05, 0.1) is 5.01 Å². The molecule has 0 aliphatic rings. The van der Waals surface area contributed by atoms with E-state index in [-0.39, 0.29) is 5.41 Å². The lowest BCUT2D eigenvalue weighted by Crippen LogP contribution is -2.10. The standard InChI is InChI=1S/C16H24N4S/c1-6-8-11-9-13(17-7-2)20-14(18-11)12-10-21-15(19-12)16(3,4)5/h9-10H,6-8H2,1-5H3,(H,17,18,20). The third-order valence-corrected chi connectivity index (χ3v) is 4.29. The van der Waals surface area contributed by atoms with E-state index in [9.17, 15) is 0 Å². The first-order valence-corrected chi connectivity index (χ1v) is 8.40. The summed E-state index contributed by atoms with van der Waals surface area (Å²) in [7, 11) is 0. The number of thiazole rings is 1. The predicted octanol–water partition coefficient (Wildman–Crippen LogP) is 4.28. The molecule has 0 saturated carbocycles. The molecule has 5 heteroatoms. The first-order valence-electron chi connectivity index (χ1n) is 7.52. The summed E-state index contributed by atoms with van der Waals surface area (Å²) >= 11 is 1.68. The van der Waals surface area contributed by atoms with E-state index in [0.29, 0.717) is 0 Å². The Bertz CT molecular complexity index is 574. The van der Waals surface area contributed by atoms with Crippen molar-refractivity contribution in [2.24, 2.45) is 0 Å². The van der Waals surface area contributed by atoms with Gasteiger partial charge >= 0.3 is 0 Å². The lowest BCUT2D eigenvalue weighted by atomic mass is 9.98. The first-order chi connectivity index (χ1) is 9.94. The monoisotopic (exact) mass is 304 g/mol. The fourth-order valence-corrected chi connectivity index (χ4v) is 2.87. The molecular weight excluding hydrogens is 280 g/mol. The summed E-state index contributed by atoms with van der Waals surface area (Å²) in [6, 6.07) is 2.04. The fraction of sp³-hybridized carbons (Fsp3) is 0.562. The summed E-state index contributed by atoms with van der Waals surface area (Å²) in [5.74, 6) is 1.61. The van der Waals surface area contributed by atoms with E-state index < -0.39 is 0 Å². The quantitative estimate of drug-likeness (QED) is 0.895. The van der Waals surface area contributed by atoms with Crippen molar-refractivity contribution in [2.75, 3.05) is 11.9 Å². The van der Waals surface area contributed by atoms with Gasteiger partial charge in [0.15, 0.2) is 5.82 Å². The highest BCUT2D eigenvalue weighted by atomic mass is 32.1. The second kappa shape index (κ2) is 6.52. The van der Waals surface area contributed by atoms with E-state index in [1.165, 1.54) is 0 Å². The molecule has 2 aromatic heterocycles. The van der Waals surface area contributed by atoms with E-state index in [0.717, 1.165) is 47.4 Å². The minimum atomic E-state index is 0.0639. The Balaban J connectivity index is 2.39. The Morgan fingerprint density at radius 3 is 2.48 bits per heavy atom. The van der Waals surface area contributed by atoms with E-state index in [1.54, 1.807) is 11.3 Å². The second-order valence-corrected chi connectivity index (χ2v) is 6.99. The summed E-state index contributed by atoms with van der Waals surface area (Å²) in [5, 5.41) is 6.45. The van der Waals surface area contributed by atoms with Gasteiger partial charge in [0.25, 0.3) is 0 Å².